The Morgan fingerprint density at radius 3 is 2.72 bits per heavy atom. The van der Waals surface area contributed by atoms with Crippen molar-refractivity contribution in [3.05, 3.63) is 65.0 Å². The molecule has 2 aromatic carbocycles. The zero-order valence-corrected chi connectivity index (χ0v) is 18.4. The summed E-state index contributed by atoms with van der Waals surface area (Å²) >= 11 is 0. The third-order valence-corrected chi connectivity index (χ3v) is 6.35. The molecule has 0 radical (unpaired) electrons. The molecule has 0 spiro atoms. The number of hydrogen-bond donors (Lipinski definition) is 1. The lowest BCUT2D eigenvalue weighted by Crippen LogP contribution is -2.06. The van der Waals surface area contributed by atoms with Gasteiger partial charge in [-0.3, -0.25) is 0 Å². The minimum absolute atomic E-state index is 0.537. The van der Waals surface area contributed by atoms with Gasteiger partial charge >= 0.3 is 0 Å². The second kappa shape index (κ2) is 7.55. The van der Waals surface area contributed by atoms with Crippen molar-refractivity contribution >= 4 is 22.1 Å². The van der Waals surface area contributed by atoms with E-state index in [9.17, 15) is 0 Å². The fraction of sp³-hybridized carbons (Fsp3) is 0.375. The third-order valence-electron chi connectivity index (χ3n) is 6.35. The quantitative estimate of drug-likeness (QED) is 0.422. The second-order valence-corrected chi connectivity index (χ2v) is 8.79. The molecule has 3 aromatic heterocycles. The lowest BCUT2D eigenvalue weighted by Gasteiger charge is -2.10. The van der Waals surface area contributed by atoms with Crippen LogP contribution in [0.2, 0.25) is 0 Å². The molecule has 0 atom stereocenters. The van der Waals surface area contributed by atoms with Crippen LogP contribution in [-0.2, 0) is 19.5 Å². The van der Waals surface area contributed by atoms with Crippen LogP contribution in [0.3, 0.4) is 0 Å². The van der Waals surface area contributed by atoms with E-state index < -0.39 is 0 Å². The van der Waals surface area contributed by atoms with Crippen molar-refractivity contribution in [2.75, 3.05) is 0 Å². The molecular weight excluding hydrogens is 400 g/mol. The summed E-state index contributed by atoms with van der Waals surface area (Å²) in [4.78, 5) is 10.0. The molecule has 1 fully saturated rings. The molecule has 0 saturated heterocycles. The first-order valence-corrected chi connectivity index (χ1v) is 11.4. The number of nitrogens with one attached hydrogen (secondary N) is 1. The van der Waals surface area contributed by atoms with Crippen molar-refractivity contribution in [2.45, 2.75) is 58.5 Å². The Balaban J connectivity index is 1.41. The van der Waals surface area contributed by atoms with Gasteiger partial charge in [-0.05, 0) is 55.5 Å². The van der Waals surface area contributed by atoms with Gasteiger partial charge in [0.1, 0.15) is 11.6 Å². The van der Waals surface area contributed by atoms with E-state index in [-0.39, 0.29) is 0 Å². The molecule has 1 saturated carbocycles. The van der Waals surface area contributed by atoms with Gasteiger partial charge in [0.25, 0.3) is 0 Å². The Bertz CT molecular complexity index is 1410. The highest BCUT2D eigenvalue weighted by Gasteiger charge is 2.30. The number of tetrazole rings is 1. The first-order chi connectivity index (χ1) is 15.7. The summed E-state index contributed by atoms with van der Waals surface area (Å²) in [7, 11) is 0. The van der Waals surface area contributed by atoms with E-state index in [1.165, 1.54) is 29.5 Å². The maximum Gasteiger partial charge on any atom is 0.194 e. The number of nitrogens with zero attached hydrogens (tertiary/aromatic N) is 7. The number of rotatable bonds is 7. The first-order valence-electron chi connectivity index (χ1n) is 11.4. The lowest BCUT2D eigenvalue weighted by molar-refractivity contribution is 0.711. The molecule has 0 aliphatic heterocycles. The summed E-state index contributed by atoms with van der Waals surface area (Å²) in [6.07, 6.45) is 4.44. The van der Waals surface area contributed by atoms with Crippen LogP contribution in [0.15, 0.2) is 36.4 Å². The molecule has 0 amide bonds. The molecule has 0 unspecified atom stereocenters. The standard InChI is InChI=1S/C24H26N8/c1-3-5-22-26-23-15(2)6-4-7-20(23)31(22)13-16-8-11-19-18(12-16)25-24(17-9-10-17)32(19)14-21-27-29-30-28-21/h4,6-8,11-12,17H,3,5,9-10,13-14H2,1-2H3,(H,27,28,29,30). The monoisotopic (exact) mass is 426 g/mol. The van der Waals surface area contributed by atoms with E-state index >= 15 is 0 Å². The van der Waals surface area contributed by atoms with Crippen LogP contribution in [-0.4, -0.2) is 39.7 Å². The van der Waals surface area contributed by atoms with Gasteiger partial charge in [0.05, 0.1) is 28.6 Å². The smallest absolute Gasteiger partial charge is 0.194 e. The number of para-hydroxylation sites is 1. The average Bonchev–Trinajstić information content (AvgIpc) is 3.22. The zero-order chi connectivity index (χ0) is 21.7. The number of benzene rings is 2. The Labute approximate surface area is 185 Å². The molecule has 1 aliphatic carbocycles. The number of imidazole rings is 2. The topological polar surface area (TPSA) is 90.1 Å². The van der Waals surface area contributed by atoms with Crippen molar-refractivity contribution in [1.82, 2.24) is 39.7 Å². The van der Waals surface area contributed by atoms with E-state index in [1.54, 1.807) is 0 Å². The van der Waals surface area contributed by atoms with Crippen molar-refractivity contribution in [2.24, 2.45) is 0 Å². The van der Waals surface area contributed by atoms with Crippen LogP contribution >= 0.6 is 0 Å². The molecule has 5 aromatic rings. The van der Waals surface area contributed by atoms with Gasteiger partial charge in [0.15, 0.2) is 5.82 Å². The predicted molar refractivity (Wildman–Crippen MR) is 123 cm³/mol. The Hall–Kier alpha value is -3.55. The Morgan fingerprint density at radius 1 is 1.03 bits per heavy atom. The predicted octanol–water partition coefficient (Wildman–Crippen LogP) is 4.13. The second-order valence-electron chi connectivity index (χ2n) is 8.79. The average molecular weight is 427 g/mol. The molecule has 1 aliphatic rings. The van der Waals surface area contributed by atoms with Gasteiger partial charge < -0.3 is 9.13 Å². The minimum atomic E-state index is 0.537. The largest absolute Gasteiger partial charge is 0.323 e. The summed E-state index contributed by atoms with van der Waals surface area (Å²) < 4.78 is 4.62. The third kappa shape index (κ3) is 3.26. The fourth-order valence-electron chi connectivity index (χ4n) is 4.61. The van der Waals surface area contributed by atoms with Gasteiger partial charge in [-0.15, -0.1) is 10.2 Å². The number of fused-ring (bicyclic) bond motifs is 2. The van der Waals surface area contributed by atoms with E-state index in [1.807, 2.05) is 0 Å². The highest BCUT2D eigenvalue weighted by Crippen LogP contribution is 2.41. The molecule has 1 N–H and O–H groups in total. The fourth-order valence-corrected chi connectivity index (χ4v) is 4.61. The van der Waals surface area contributed by atoms with Crippen molar-refractivity contribution in [3.8, 4) is 0 Å². The summed E-state index contributed by atoms with van der Waals surface area (Å²) in [6, 6.07) is 13.1. The summed E-state index contributed by atoms with van der Waals surface area (Å²) in [5.41, 5.74) is 6.93. The molecule has 8 nitrogen and oxygen atoms in total. The number of H-pyrrole nitrogens is 1. The summed E-state index contributed by atoms with van der Waals surface area (Å²) in [5, 5.41) is 14.5. The molecule has 8 heteroatoms. The van der Waals surface area contributed by atoms with Gasteiger partial charge in [-0.25, -0.2) is 9.97 Å². The summed E-state index contributed by atoms with van der Waals surface area (Å²) in [5.74, 6) is 3.50. The van der Waals surface area contributed by atoms with Gasteiger partial charge in [-0.1, -0.05) is 30.3 Å². The highest BCUT2D eigenvalue weighted by atomic mass is 15.5. The maximum atomic E-state index is 5.03. The van der Waals surface area contributed by atoms with Gasteiger partial charge in [0, 0.05) is 18.9 Å². The Morgan fingerprint density at radius 2 is 1.94 bits per heavy atom. The molecule has 0 bridgehead atoms. The van der Waals surface area contributed by atoms with Gasteiger partial charge in [-0.2, -0.15) is 5.21 Å². The Kier molecular flexibility index (Phi) is 4.52. The van der Waals surface area contributed by atoms with Crippen LogP contribution in [0, 0.1) is 6.92 Å². The lowest BCUT2D eigenvalue weighted by atomic mass is 10.1. The van der Waals surface area contributed by atoms with E-state index in [0.29, 0.717) is 18.3 Å². The summed E-state index contributed by atoms with van der Waals surface area (Å²) in [6.45, 7) is 5.72. The molecule has 6 rings (SSSR count). The van der Waals surface area contributed by atoms with E-state index in [2.05, 4.69) is 80.0 Å². The molecule has 32 heavy (non-hydrogen) atoms. The number of hydrogen-bond acceptors (Lipinski definition) is 5. The highest BCUT2D eigenvalue weighted by molar-refractivity contribution is 5.80. The zero-order valence-electron chi connectivity index (χ0n) is 18.4. The normalized spacial score (nSPS) is 14.1. The van der Waals surface area contributed by atoms with Crippen molar-refractivity contribution in [1.29, 1.82) is 0 Å². The van der Waals surface area contributed by atoms with Crippen molar-refractivity contribution in [3.63, 3.8) is 0 Å². The van der Waals surface area contributed by atoms with Crippen LogP contribution < -0.4 is 0 Å². The van der Waals surface area contributed by atoms with Crippen LogP contribution in [0.1, 0.15) is 60.7 Å². The number of aryl methyl sites for hydroxylation is 2. The van der Waals surface area contributed by atoms with Crippen LogP contribution in [0.5, 0.6) is 0 Å². The number of aromatic amines is 1. The first kappa shape index (κ1) is 19.2. The maximum absolute atomic E-state index is 5.03. The molecular formula is C24H26N8. The number of aromatic nitrogens is 8. The van der Waals surface area contributed by atoms with Crippen LogP contribution in [0.25, 0.3) is 22.1 Å². The van der Waals surface area contributed by atoms with E-state index in [4.69, 9.17) is 9.97 Å². The van der Waals surface area contributed by atoms with E-state index in [0.717, 1.165) is 47.6 Å². The van der Waals surface area contributed by atoms with Gasteiger partial charge in [0.2, 0.25) is 0 Å². The van der Waals surface area contributed by atoms with Crippen molar-refractivity contribution < 1.29 is 0 Å². The minimum Gasteiger partial charge on any atom is -0.323 e. The SMILES string of the molecule is CCCc1nc2c(C)cccc2n1Cc1ccc2c(c1)nc(C1CC1)n2Cc1nn[nH]n1. The van der Waals surface area contributed by atoms with Crippen LogP contribution in [0.4, 0.5) is 0 Å². The molecule has 3 heterocycles. The molecule has 162 valence electrons.